The lowest BCUT2D eigenvalue weighted by molar-refractivity contribution is -0.190. The van der Waals surface area contributed by atoms with Crippen LogP contribution in [0.15, 0.2) is 11.6 Å². The highest BCUT2D eigenvalue weighted by molar-refractivity contribution is 5.66. The van der Waals surface area contributed by atoms with Gasteiger partial charge in [0.2, 0.25) is 0 Å². The molecule has 14 heavy (non-hydrogen) atoms. The van der Waals surface area contributed by atoms with Gasteiger partial charge in [-0.3, -0.25) is 4.79 Å². The quantitative estimate of drug-likeness (QED) is 0.473. The molecule has 3 aliphatic rings. The SMILES string of the molecule is CC(=O)O[C@H]1[C@H]2CC=C(C)[C@@H]1C2(C)C. The predicted molar refractivity (Wildman–Crippen MR) is 54.7 cm³/mol. The van der Waals surface area contributed by atoms with Crippen LogP contribution in [-0.4, -0.2) is 12.1 Å². The van der Waals surface area contributed by atoms with Crippen molar-refractivity contribution in [1.29, 1.82) is 0 Å². The number of rotatable bonds is 1. The van der Waals surface area contributed by atoms with Crippen LogP contribution >= 0.6 is 0 Å². The van der Waals surface area contributed by atoms with Gasteiger partial charge in [-0.15, -0.1) is 0 Å². The molecule has 2 nitrogen and oxygen atoms in total. The molecule has 0 aliphatic heterocycles. The summed E-state index contributed by atoms with van der Waals surface area (Å²) < 4.78 is 5.38. The second-order valence-corrected chi connectivity index (χ2v) is 5.16. The van der Waals surface area contributed by atoms with Gasteiger partial charge >= 0.3 is 5.97 Å². The van der Waals surface area contributed by atoms with Gasteiger partial charge < -0.3 is 4.74 Å². The van der Waals surface area contributed by atoms with Crippen molar-refractivity contribution in [2.45, 2.75) is 40.2 Å². The standard InChI is InChI=1S/C12H18O2/c1-7-5-6-9-11(14-8(2)13)10(7)12(9,3)4/h5,9-11H,6H2,1-4H3/t9-,10+,11+/m1/s1. The Labute approximate surface area is 85.3 Å². The van der Waals surface area contributed by atoms with Crippen molar-refractivity contribution in [3.8, 4) is 0 Å². The van der Waals surface area contributed by atoms with Crippen LogP contribution in [-0.2, 0) is 9.53 Å². The first kappa shape index (κ1) is 9.75. The Hall–Kier alpha value is -0.790. The summed E-state index contributed by atoms with van der Waals surface area (Å²) in [6.07, 6.45) is 3.50. The third kappa shape index (κ3) is 1.13. The van der Waals surface area contributed by atoms with E-state index in [9.17, 15) is 4.79 Å². The van der Waals surface area contributed by atoms with Crippen molar-refractivity contribution in [1.82, 2.24) is 0 Å². The minimum absolute atomic E-state index is 0.143. The number of carbonyl (C=O) groups is 1. The van der Waals surface area contributed by atoms with Crippen LogP contribution in [0.1, 0.15) is 34.1 Å². The summed E-state index contributed by atoms with van der Waals surface area (Å²) in [5.41, 5.74) is 1.71. The highest BCUT2D eigenvalue weighted by Gasteiger charge is 2.59. The third-order valence-corrected chi connectivity index (χ3v) is 3.97. The second kappa shape index (κ2) is 2.85. The molecular weight excluding hydrogens is 176 g/mol. The lowest BCUT2D eigenvalue weighted by atomic mass is 9.47. The summed E-state index contributed by atoms with van der Waals surface area (Å²) in [5.74, 6) is 0.834. The molecule has 0 spiro atoms. The lowest BCUT2D eigenvalue weighted by Gasteiger charge is -2.60. The van der Waals surface area contributed by atoms with Gasteiger partial charge in [-0.05, 0) is 18.8 Å². The maximum atomic E-state index is 11.0. The zero-order valence-electron chi connectivity index (χ0n) is 9.33. The normalized spacial score (nSPS) is 38.3. The maximum absolute atomic E-state index is 11.0. The summed E-state index contributed by atoms with van der Waals surface area (Å²) in [4.78, 5) is 11.0. The Kier molecular flexibility index (Phi) is 1.98. The number of carbonyl (C=O) groups excluding carboxylic acids is 1. The molecule has 2 heteroatoms. The van der Waals surface area contributed by atoms with E-state index in [1.165, 1.54) is 12.5 Å². The molecule has 2 bridgehead atoms. The number of hydrogen-bond donors (Lipinski definition) is 0. The van der Waals surface area contributed by atoms with Crippen molar-refractivity contribution in [2.75, 3.05) is 0 Å². The van der Waals surface area contributed by atoms with Gasteiger partial charge in [-0.25, -0.2) is 0 Å². The van der Waals surface area contributed by atoms with Crippen LogP contribution in [0.4, 0.5) is 0 Å². The third-order valence-electron chi connectivity index (χ3n) is 3.97. The van der Waals surface area contributed by atoms with Gasteiger partial charge in [0, 0.05) is 18.8 Å². The number of fused-ring (bicyclic) bond motifs is 1. The first-order valence-electron chi connectivity index (χ1n) is 5.28. The molecule has 0 unspecified atom stereocenters. The van der Waals surface area contributed by atoms with Gasteiger partial charge in [-0.2, -0.15) is 0 Å². The summed E-state index contributed by atoms with van der Waals surface area (Å²) in [6, 6.07) is 0. The Bertz CT molecular complexity index is 301. The molecule has 3 aliphatic carbocycles. The van der Waals surface area contributed by atoms with Gasteiger partial charge in [0.25, 0.3) is 0 Å². The second-order valence-electron chi connectivity index (χ2n) is 5.16. The molecule has 78 valence electrons. The average molecular weight is 194 g/mol. The zero-order chi connectivity index (χ0) is 10.5. The van der Waals surface area contributed by atoms with E-state index in [1.54, 1.807) is 0 Å². The first-order valence-corrected chi connectivity index (χ1v) is 5.28. The smallest absolute Gasteiger partial charge is 0.302 e. The molecule has 0 aromatic carbocycles. The minimum atomic E-state index is -0.143. The topological polar surface area (TPSA) is 26.3 Å². The number of ether oxygens (including phenoxy) is 1. The highest BCUT2D eigenvalue weighted by atomic mass is 16.5. The summed E-state index contributed by atoms with van der Waals surface area (Å²) >= 11 is 0. The highest BCUT2D eigenvalue weighted by Crippen LogP contribution is 2.60. The molecule has 0 aromatic rings. The van der Waals surface area contributed by atoms with E-state index >= 15 is 0 Å². The molecule has 0 N–H and O–H groups in total. The van der Waals surface area contributed by atoms with Crippen LogP contribution in [0.2, 0.25) is 0 Å². The largest absolute Gasteiger partial charge is 0.462 e. The molecule has 0 radical (unpaired) electrons. The Morgan fingerprint density at radius 2 is 2.21 bits per heavy atom. The van der Waals surface area contributed by atoms with E-state index < -0.39 is 0 Å². The van der Waals surface area contributed by atoms with Gasteiger partial charge in [0.1, 0.15) is 6.10 Å². The minimum Gasteiger partial charge on any atom is -0.462 e. The molecule has 1 fully saturated rings. The molecule has 3 rings (SSSR count). The maximum Gasteiger partial charge on any atom is 0.302 e. The molecular formula is C12H18O2. The van der Waals surface area contributed by atoms with Crippen LogP contribution < -0.4 is 0 Å². The van der Waals surface area contributed by atoms with E-state index in [1.807, 2.05) is 0 Å². The van der Waals surface area contributed by atoms with Crippen molar-refractivity contribution in [3.63, 3.8) is 0 Å². The summed E-state index contributed by atoms with van der Waals surface area (Å²) in [5, 5.41) is 0. The van der Waals surface area contributed by atoms with E-state index in [4.69, 9.17) is 4.74 Å². The fraction of sp³-hybridized carbons (Fsp3) is 0.750. The molecule has 0 saturated heterocycles. The Morgan fingerprint density at radius 3 is 2.64 bits per heavy atom. The van der Waals surface area contributed by atoms with Crippen molar-refractivity contribution in [3.05, 3.63) is 11.6 Å². The van der Waals surface area contributed by atoms with Crippen LogP contribution in [0.3, 0.4) is 0 Å². The van der Waals surface area contributed by atoms with E-state index in [-0.39, 0.29) is 12.1 Å². The fourth-order valence-electron chi connectivity index (χ4n) is 3.26. The monoisotopic (exact) mass is 194 g/mol. The number of hydrogen-bond acceptors (Lipinski definition) is 2. The first-order chi connectivity index (χ1) is 6.44. The molecule has 1 saturated carbocycles. The van der Waals surface area contributed by atoms with Crippen LogP contribution in [0, 0.1) is 17.3 Å². The predicted octanol–water partition coefficient (Wildman–Crippen LogP) is 2.54. The van der Waals surface area contributed by atoms with Gasteiger partial charge in [0.15, 0.2) is 0 Å². The summed E-state index contributed by atoms with van der Waals surface area (Å²) in [7, 11) is 0. The van der Waals surface area contributed by atoms with E-state index in [0.29, 0.717) is 17.3 Å². The van der Waals surface area contributed by atoms with Crippen molar-refractivity contribution >= 4 is 5.97 Å². The lowest BCUT2D eigenvalue weighted by Crippen LogP contribution is -2.61. The summed E-state index contributed by atoms with van der Waals surface area (Å²) in [6.45, 7) is 8.20. The van der Waals surface area contributed by atoms with Crippen LogP contribution in [0.5, 0.6) is 0 Å². The van der Waals surface area contributed by atoms with E-state index in [0.717, 1.165) is 6.42 Å². The zero-order valence-corrected chi connectivity index (χ0v) is 9.33. The Balaban J connectivity index is 2.20. The molecule has 3 atom stereocenters. The fourth-order valence-corrected chi connectivity index (χ4v) is 3.26. The molecule has 0 amide bonds. The van der Waals surface area contributed by atoms with E-state index in [2.05, 4.69) is 26.8 Å². The average Bonchev–Trinajstić information content (AvgIpc) is 2.01. The molecule has 0 aromatic heterocycles. The Morgan fingerprint density at radius 1 is 1.57 bits per heavy atom. The van der Waals surface area contributed by atoms with Crippen molar-refractivity contribution in [2.24, 2.45) is 17.3 Å². The molecule has 0 heterocycles. The van der Waals surface area contributed by atoms with Gasteiger partial charge in [0.05, 0.1) is 0 Å². The van der Waals surface area contributed by atoms with Crippen molar-refractivity contribution < 1.29 is 9.53 Å². The van der Waals surface area contributed by atoms with Gasteiger partial charge in [-0.1, -0.05) is 25.5 Å². The number of esters is 1. The number of allylic oxidation sites excluding steroid dienone is 1. The van der Waals surface area contributed by atoms with Crippen LogP contribution in [0.25, 0.3) is 0 Å².